The second kappa shape index (κ2) is 6.97. The molecule has 2 saturated carbocycles. The molecular weight excluding hydrogens is 258 g/mol. The number of likely N-dealkylation sites (N-methyl/N-ethyl adjacent to an activating group) is 1. The molecular formula is C18H35N3. The molecule has 3 heteroatoms. The van der Waals surface area contributed by atoms with Crippen LogP contribution in [0.2, 0.25) is 0 Å². The lowest BCUT2D eigenvalue weighted by Gasteiger charge is -2.45. The van der Waals surface area contributed by atoms with E-state index in [-0.39, 0.29) is 0 Å². The number of nitrogens with one attached hydrogen (secondary N) is 1. The van der Waals surface area contributed by atoms with Gasteiger partial charge < -0.3 is 15.1 Å². The van der Waals surface area contributed by atoms with E-state index in [9.17, 15) is 0 Å². The van der Waals surface area contributed by atoms with Gasteiger partial charge in [-0.05, 0) is 43.6 Å². The summed E-state index contributed by atoms with van der Waals surface area (Å²) in [5.41, 5.74) is 0.564. The highest BCUT2D eigenvalue weighted by Gasteiger charge is 2.38. The molecule has 1 saturated heterocycles. The Morgan fingerprint density at radius 2 is 1.76 bits per heavy atom. The number of piperazine rings is 1. The summed E-state index contributed by atoms with van der Waals surface area (Å²) in [6.45, 7) is 13.7. The molecule has 122 valence electrons. The Labute approximate surface area is 131 Å². The first-order chi connectivity index (χ1) is 10.2. The zero-order valence-corrected chi connectivity index (χ0v) is 14.2. The summed E-state index contributed by atoms with van der Waals surface area (Å²) >= 11 is 0. The molecule has 0 radical (unpaired) electrons. The molecule has 1 heterocycles. The molecule has 3 nitrogen and oxygen atoms in total. The molecule has 0 bridgehead atoms. The molecule has 21 heavy (non-hydrogen) atoms. The van der Waals surface area contributed by atoms with Crippen LogP contribution in [0.15, 0.2) is 0 Å². The minimum atomic E-state index is 0.564. The van der Waals surface area contributed by atoms with Gasteiger partial charge in [-0.25, -0.2) is 0 Å². The number of nitrogens with zero attached hydrogens (tertiary/aromatic N) is 2. The molecule has 2 atom stereocenters. The van der Waals surface area contributed by atoms with Gasteiger partial charge in [0.15, 0.2) is 0 Å². The second-order valence-electron chi connectivity index (χ2n) is 8.07. The molecule has 2 unspecified atom stereocenters. The summed E-state index contributed by atoms with van der Waals surface area (Å²) in [6.07, 6.45) is 8.63. The summed E-state index contributed by atoms with van der Waals surface area (Å²) in [4.78, 5) is 5.36. The first-order valence-corrected chi connectivity index (χ1v) is 9.37. The third kappa shape index (κ3) is 4.43. The van der Waals surface area contributed by atoms with Crippen molar-refractivity contribution < 1.29 is 0 Å². The van der Waals surface area contributed by atoms with Crippen LogP contribution in [0.1, 0.15) is 52.4 Å². The van der Waals surface area contributed by atoms with Crippen molar-refractivity contribution in [3.63, 3.8) is 0 Å². The topological polar surface area (TPSA) is 18.5 Å². The van der Waals surface area contributed by atoms with Crippen LogP contribution < -0.4 is 5.32 Å². The molecule has 2 aliphatic carbocycles. The molecule has 0 spiro atoms. The summed E-state index contributed by atoms with van der Waals surface area (Å²) in [7, 11) is 0. The Hall–Kier alpha value is -0.120. The quantitative estimate of drug-likeness (QED) is 0.812. The predicted molar refractivity (Wildman–Crippen MR) is 89.6 cm³/mol. The van der Waals surface area contributed by atoms with Crippen molar-refractivity contribution in [2.24, 2.45) is 11.3 Å². The summed E-state index contributed by atoms with van der Waals surface area (Å²) in [5, 5.41) is 3.86. The maximum Gasteiger partial charge on any atom is 0.0110 e. The van der Waals surface area contributed by atoms with Gasteiger partial charge in [-0.15, -0.1) is 0 Å². The smallest absolute Gasteiger partial charge is 0.0110 e. The van der Waals surface area contributed by atoms with E-state index in [0.717, 1.165) is 12.0 Å². The predicted octanol–water partition coefficient (Wildman–Crippen LogP) is 2.57. The fraction of sp³-hybridized carbons (Fsp3) is 1.00. The molecule has 0 aromatic rings. The Bertz CT molecular complexity index is 320. The van der Waals surface area contributed by atoms with Gasteiger partial charge in [-0.2, -0.15) is 0 Å². The van der Waals surface area contributed by atoms with E-state index in [1.54, 1.807) is 0 Å². The fourth-order valence-electron chi connectivity index (χ4n) is 4.52. The highest BCUT2D eigenvalue weighted by Crippen LogP contribution is 2.40. The standard InChI is InChI=1S/C18H35N3/c1-3-20-9-11-21(12-10-20)15-18(14-19-17-6-7-17)8-4-5-16(2)13-18/h16-17,19H,3-15H2,1-2H3. The lowest BCUT2D eigenvalue weighted by molar-refractivity contribution is 0.0502. The van der Waals surface area contributed by atoms with Crippen molar-refractivity contribution in [1.82, 2.24) is 15.1 Å². The van der Waals surface area contributed by atoms with E-state index in [0.29, 0.717) is 5.41 Å². The van der Waals surface area contributed by atoms with E-state index in [4.69, 9.17) is 0 Å². The Morgan fingerprint density at radius 3 is 2.38 bits per heavy atom. The van der Waals surface area contributed by atoms with Crippen molar-refractivity contribution in [3.8, 4) is 0 Å². The first-order valence-electron chi connectivity index (χ1n) is 9.37. The van der Waals surface area contributed by atoms with E-state index in [1.807, 2.05) is 0 Å². The molecule has 3 fully saturated rings. The van der Waals surface area contributed by atoms with Crippen LogP contribution in [0.25, 0.3) is 0 Å². The maximum atomic E-state index is 3.86. The van der Waals surface area contributed by atoms with Crippen LogP contribution >= 0.6 is 0 Å². The van der Waals surface area contributed by atoms with Gasteiger partial charge in [0.05, 0.1) is 0 Å². The van der Waals surface area contributed by atoms with Crippen molar-refractivity contribution in [2.45, 2.75) is 58.4 Å². The number of hydrogen-bond acceptors (Lipinski definition) is 3. The average Bonchev–Trinajstić information content (AvgIpc) is 3.30. The van der Waals surface area contributed by atoms with E-state index in [1.165, 1.54) is 84.3 Å². The zero-order valence-electron chi connectivity index (χ0n) is 14.2. The van der Waals surface area contributed by atoms with E-state index >= 15 is 0 Å². The van der Waals surface area contributed by atoms with Gasteiger partial charge in [0.2, 0.25) is 0 Å². The third-order valence-electron chi connectivity index (χ3n) is 6.00. The lowest BCUT2D eigenvalue weighted by atomic mass is 9.69. The zero-order chi connectivity index (χ0) is 14.7. The van der Waals surface area contributed by atoms with Crippen LogP contribution in [0, 0.1) is 11.3 Å². The normalized spacial score (nSPS) is 36.0. The fourth-order valence-corrected chi connectivity index (χ4v) is 4.52. The van der Waals surface area contributed by atoms with Gasteiger partial charge in [-0.1, -0.05) is 26.7 Å². The summed E-state index contributed by atoms with van der Waals surface area (Å²) in [6, 6.07) is 0.857. The SMILES string of the molecule is CCN1CCN(CC2(CNC3CC3)CCCC(C)C2)CC1. The minimum Gasteiger partial charge on any atom is -0.313 e. The largest absolute Gasteiger partial charge is 0.313 e. The van der Waals surface area contributed by atoms with Crippen LogP contribution in [0.5, 0.6) is 0 Å². The van der Waals surface area contributed by atoms with Crippen molar-refractivity contribution in [2.75, 3.05) is 45.8 Å². The van der Waals surface area contributed by atoms with Crippen molar-refractivity contribution >= 4 is 0 Å². The molecule has 0 aromatic heterocycles. The van der Waals surface area contributed by atoms with Crippen molar-refractivity contribution in [3.05, 3.63) is 0 Å². The van der Waals surface area contributed by atoms with Gasteiger partial charge in [0.1, 0.15) is 0 Å². The van der Waals surface area contributed by atoms with Gasteiger partial charge in [0.25, 0.3) is 0 Å². The summed E-state index contributed by atoms with van der Waals surface area (Å²) < 4.78 is 0. The van der Waals surface area contributed by atoms with Gasteiger partial charge in [0, 0.05) is 45.3 Å². The second-order valence-corrected chi connectivity index (χ2v) is 8.07. The maximum absolute atomic E-state index is 3.86. The molecule has 3 rings (SSSR count). The van der Waals surface area contributed by atoms with Gasteiger partial charge in [-0.3, -0.25) is 0 Å². The number of rotatable bonds is 6. The van der Waals surface area contributed by atoms with Crippen molar-refractivity contribution in [1.29, 1.82) is 0 Å². The molecule has 0 aromatic carbocycles. The van der Waals surface area contributed by atoms with Crippen LogP contribution in [0.3, 0.4) is 0 Å². The van der Waals surface area contributed by atoms with Crippen LogP contribution in [-0.2, 0) is 0 Å². The summed E-state index contributed by atoms with van der Waals surface area (Å²) in [5.74, 6) is 0.927. The van der Waals surface area contributed by atoms with E-state index in [2.05, 4.69) is 29.0 Å². The van der Waals surface area contributed by atoms with Crippen LogP contribution in [0.4, 0.5) is 0 Å². The van der Waals surface area contributed by atoms with E-state index < -0.39 is 0 Å². The highest BCUT2D eigenvalue weighted by atomic mass is 15.3. The lowest BCUT2D eigenvalue weighted by Crippen LogP contribution is -2.53. The third-order valence-corrected chi connectivity index (χ3v) is 6.00. The Morgan fingerprint density at radius 1 is 1.05 bits per heavy atom. The Balaban J connectivity index is 1.55. The number of hydrogen-bond donors (Lipinski definition) is 1. The first kappa shape index (κ1) is 15.8. The van der Waals surface area contributed by atoms with Gasteiger partial charge >= 0.3 is 0 Å². The average molecular weight is 293 g/mol. The highest BCUT2D eigenvalue weighted by molar-refractivity contribution is 4.93. The molecule has 1 N–H and O–H groups in total. The molecule has 1 aliphatic heterocycles. The van der Waals surface area contributed by atoms with Crippen LogP contribution in [-0.4, -0.2) is 61.7 Å². The molecule has 0 amide bonds. The minimum absolute atomic E-state index is 0.564. The Kier molecular flexibility index (Phi) is 5.23. The monoisotopic (exact) mass is 293 g/mol. The molecule has 3 aliphatic rings.